The number of carboxylic acid groups (broad SMARTS) is 2. The average Bonchev–Trinajstić information content (AvgIpc) is 3.16. The molecule has 12 nitrogen and oxygen atoms in total. The lowest BCUT2D eigenvalue weighted by atomic mass is 10.2. The van der Waals surface area contributed by atoms with Gasteiger partial charge in [0.05, 0.1) is 23.8 Å². The number of aliphatic hydroxyl groups excluding tert-OH is 2. The van der Waals surface area contributed by atoms with Crippen molar-refractivity contribution in [3.63, 3.8) is 0 Å². The van der Waals surface area contributed by atoms with Crippen LogP contribution in [0.5, 0.6) is 0 Å². The lowest BCUT2D eigenvalue weighted by Crippen LogP contribution is -2.50. The average molecular weight is 493 g/mol. The normalized spacial score (nSPS) is 18.1. The van der Waals surface area contributed by atoms with Crippen molar-refractivity contribution in [2.75, 3.05) is 33.2 Å². The van der Waals surface area contributed by atoms with Crippen LogP contribution in [-0.2, 0) is 22.7 Å². The monoisotopic (exact) mass is 492 g/mol. The number of hydrogen-bond donors (Lipinski definition) is 5. The van der Waals surface area contributed by atoms with Crippen molar-refractivity contribution in [2.24, 2.45) is 5.10 Å². The van der Waals surface area contributed by atoms with E-state index in [-0.39, 0.29) is 0 Å². The molecule has 1 fully saturated rings. The Morgan fingerprint density at radius 3 is 1.85 bits per heavy atom. The summed E-state index contributed by atoms with van der Waals surface area (Å²) in [5, 5.41) is 41.1. The lowest BCUT2D eigenvalue weighted by Gasteiger charge is -2.33. The summed E-state index contributed by atoms with van der Waals surface area (Å²) >= 11 is 5.54. The number of hydrogen-bond acceptors (Lipinski definition) is 7. The summed E-state index contributed by atoms with van der Waals surface area (Å²) in [5.41, 5.74) is 3.12. The van der Waals surface area contributed by atoms with E-state index in [1.165, 1.54) is 0 Å². The Labute approximate surface area is 200 Å². The molecule has 0 radical (unpaired) electrons. The van der Waals surface area contributed by atoms with Crippen molar-refractivity contribution >= 4 is 41.4 Å². The highest BCUT2D eigenvalue weighted by molar-refractivity contribution is 7.80. The molecule has 184 valence electrons. The van der Waals surface area contributed by atoms with E-state index in [0.717, 1.165) is 55.3 Å². The number of fused-ring (bicyclic) bond motifs is 3. The Morgan fingerprint density at radius 1 is 0.941 bits per heavy atom. The predicted octanol–water partition coefficient (Wildman–Crippen LogP) is -3.19. The van der Waals surface area contributed by atoms with Gasteiger partial charge in [-0.25, -0.2) is 9.59 Å². The standard InChI is InChI=1S/C17H22N6S.C4H6O6/c1-20-10-12-21(13-11-20)17(24)19-18-16-14-6-2-4-8-22(14)23-9-5-3-7-15(16)23;5-1(3(7)8)2(6)4(9)10/h2-7H,8-13H2,1H3,(H,19,24);1-2,5-6H,(H,7,8)(H,9,10). The first-order valence-corrected chi connectivity index (χ1v) is 11.0. The van der Waals surface area contributed by atoms with Gasteiger partial charge in [-0.05, 0) is 31.4 Å². The summed E-state index contributed by atoms with van der Waals surface area (Å²) in [6, 6.07) is 0. The molecule has 0 bridgehead atoms. The molecule has 0 aliphatic carbocycles. The van der Waals surface area contributed by atoms with Gasteiger partial charge in [0.1, 0.15) is 5.36 Å². The molecule has 1 aromatic heterocycles. The SMILES string of the molecule is CN1CCN(C(=S)NN=c2c3n(n4c2=CC=CC4)CC=CC=3)CC1.O=C(O)C(O)C(O)C(=O)O. The topological polar surface area (TPSA) is 156 Å². The zero-order valence-corrected chi connectivity index (χ0v) is 19.4. The van der Waals surface area contributed by atoms with Gasteiger partial charge >= 0.3 is 11.9 Å². The van der Waals surface area contributed by atoms with Crippen molar-refractivity contribution in [3.05, 3.63) is 40.4 Å². The zero-order valence-electron chi connectivity index (χ0n) is 18.6. The van der Waals surface area contributed by atoms with Gasteiger partial charge in [-0.15, -0.1) is 0 Å². The smallest absolute Gasteiger partial charge is 0.335 e. The highest BCUT2D eigenvalue weighted by atomic mass is 32.1. The maximum absolute atomic E-state index is 9.77. The highest BCUT2D eigenvalue weighted by Gasteiger charge is 2.29. The number of nitrogens with zero attached hydrogens (tertiary/aromatic N) is 5. The fourth-order valence-electron chi connectivity index (χ4n) is 3.57. The molecule has 3 aliphatic heterocycles. The second-order valence-electron chi connectivity index (χ2n) is 7.86. The first kappa shape index (κ1) is 25.4. The number of likely N-dealkylation sites (N-methyl/N-ethyl adjacent to an activating group) is 1. The predicted molar refractivity (Wildman–Crippen MR) is 127 cm³/mol. The van der Waals surface area contributed by atoms with Crippen molar-refractivity contribution in [3.8, 4) is 0 Å². The number of piperazine rings is 1. The van der Waals surface area contributed by atoms with Crippen molar-refractivity contribution in [2.45, 2.75) is 25.3 Å². The number of allylic oxidation sites excluding steroid dienone is 4. The van der Waals surface area contributed by atoms with Crippen LogP contribution in [0.2, 0.25) is 0 Å². The first-order chi connectivity index (χ1) is 16.2. The molecule has 4 rings (SSSR count). The Bertz CT molecular complexity index is 1120. The molecular formula is C21H28N6O6S. The van der Waals surface area contributed by atoms with Crippen LogP contribution in [-0.4, -0.2) is 102 Å². The third-order valence-electron chi connectivity index (χ3n) is 5.53. The van der Waals surface area contributed by atoms with Gasteiger partial charge in [0, 0.05) is 26.2 Å². The quantitative estimate of drug-likeness (QED) is 0.214. The minimum Gasteiger partial charge on any atom is -0.479 e. The minimum absolute atomic E-state index is 0.708. The number of aromatic nitrogens is 2. The summed E-state index contributed by atoms with van der Waals surface area (Å²) in [7, 11) is 2.14. The molecule has 4 heterocycles. The number of carboxylic acids is 2. The van der Waals surface area contributed by atoms with Gasteiger partial charge in [0.25, 0.3) is 0 Å². The number of nitrogens with one attached hydrogen (secondary N) is 1. The van der Waals surface area contributed by atoms with Crippen LogP contribution >= 0.6 is 12.2 Å². The first-order valence-electron chi connectivity index (χ1n) is 10.6. The van der Waals surface area contributed by atoms with Crippen LogP contribution in [0, 0.1) is 0 Å². The third kappa shape index (κ3) is 5.80. The summed E-state index contributed by atoms with van der Waals surface area (Å²) in [6.07, 6.45) is 8.19. The number of rotatable bonds is 4. The third-order valence-corrected chi connectivity index (χ3v) is 5.88. The van der Waals surface area contributed by atoms with Gasteiger partial charge in [-0.2, -0.15) is 5.10 Å². The second kappa shape index (κ2) is 11.2. The van der Waals surface area contributed by atoms with E-state index in [2.05, 4.69) is 73.2 Å². The van der Waals surface area contributed by atoms with Crippen LogP contribution in [0.15, 0.2) is 29.4 Å². The summed E-state index contributed by atoms with van der Waals surface area (Å²) < 4.78 is 4.52. The largest absolute Gasteiger partial charge is 0.479 e. The maximum atomic E-state index is 9.77. The molecule has 2 atom stereocenters. The van der Waals surface area contributed by atoms with E-state index < -0.39 is 24.1 Å². The molecule has 13 heteroatoms. The molecule has 1 saturated heterocycles. The number of aliphatic hydroxyl groups is 2. The minimum atomic E-state index is -2.27. The zero-order chi connectivity index (χ0) is 24.8. The fourth-order valence-corrected chi connectivity index (χ4v) is 3.80. The van der Waals surface area contributed by atoms with Crippen molar-refractivity contribution < 1.29 is 30.0 Å². The van der Waals surface area contributed by atoms with Crippen LogP contribution in [0.1, 0.15) is 0 Å². The molecular weight excluding hydrogens is 464 g/mol. The summed E-state index contributed by atoms with van der Waals surface area (Å²) in [6.45, 7) is 5.71. The Hall–Kier alpha value is -3.26. The van der Waals surface area contributed by atoms with E-state index in [4.69, 9.17) is 32.6 Å². The van der Waals surface area contributed by atoms with E-state index >= 15 is 0 Å². The molecule has 0 spiro atoms. The maximum Gasteiger partial charge on any atom is 0.335 e. The molecule has 0 amide bonds. The van der Waals surface area contributed by atoms with Crippen molar-refractivity contribution in [1.82, 2.24) is 24.6 Å². The Kier molecular flexibility index (Phi) is 8.39. The molecule has 5 N–H and O–H groups in total. The number of carbonyl (C=O) groups is 2. The van der Waals surface area contributed by atoms with E-state index in [9.17, 15) is 9.59 Å². The molecule has 34 heavy (non-hydrogen) atoms. The van der Waals surface area contributed by atoms with Crippen molar-refractivity contribution in [1.29, 1.82) is 0 Å². The van der Waals surface area contributed by atoms with Crippen LogP contribution in [0.4, 0.5) is 0 Å². The number of aliphatic carboxylic acids is 2. The Morgan fingerprint density at radius 2 is 1.41 bits per heavy atom. The highest BCUT2D eigenvalue weighted by Crippen LogP contribution is 1.99. The Balaban J connectivity index is 0.000000277. The molecule has 2 unspecified atom stereocenters. The van der Waals surface area contributed by atoms with Gasteiger partial charge in [0.2, 0.25) is 0 Å². The summed E-state index contributed by atoms with van der Waals surface area (Å²) in [5.74, 6) is -3.54. The molecule has 3 aliphatic rings. The van der Waals surface area contributed by atoms with Crippen LogP contribution in [0.3, 0.4) is 0 Å². The van der Waals surface area contributed by atoms with Gasteiger partial charge in [-0.3, -0.25) is 14.8 Å². The van der Waals surface area contributed by atoms with E-state index in [1.807, 2.05) is 0 Å². The lowest BCUT2D eigenvalue weighted by molar-refractivity contribution is -0.165. The number of thiocarbonyl (C=S) groups is 1. The summed E-state index contributed by atoms with van der Waals surface area (Å²) in [4.78, 5) is 24.0. The van der Waals surface area contributed by atoms with Gasteiger partial charge < -0.3 is 30.2 Å². The van der Waals surface area contributed by atoms with Crippen LogP contribution in [0.25, 0.3) is 12.2 Å². The fraction of sp³-hybridized carbons (Fsp3) is 0.429. The van der Waals surface area contributed by atoms with Crippen LogP contribution < -0.4 is 21.5 Å². The van der Waals surface area contributed by atoms with Gasteiger partial charge in [-0.1, -0.05) is 24.3 Å². The molecule has 1 aromatic rings. The van der Waals surface area contributed by atoms with E-state index in [0.29, 0.717) is 5.11 Å². The second-order valence-corrected chi connectivity index (χ2v) is 8.24. The molecule has 0 aromatic carbocycles. The van der Waals surface area contributed by atoms with E-state index in [1.54, 1.807) is 0 Å². The van der Waals surface area contributed by atoms with Gasteiger partial charge in [0.15, 0.2) is 17.3 Å². The molecule has 0 saturated carbocycles.